The van der Waals surface area contributed by atoms with Crippen LogP contribution in [0.4, 0.5) is 42.1 Å². The van der Waals surface area contributed by atoms with Crippen LogP contribution in [0.3, 0.4) is 0 Å². The average molecular weight is 369 g/mol. The summed E-state index contributed by atoms with van der Waals surface area (Å²) in [6, 6.07) is 1.88. The summed E-state index contributed by atoms with van der Waals surface area (Å²) in [6.45, 7) is 0. The van der Waals surface area contributed by atoms with Gasteiger partial charge in [-0.25, -0.2) is 0 Å². The minimum Gasteiger partial charge on any atom is -0.320 e. The summed E-state index contributed by atoms with van der Waals surface area (Å²) >= 11 is 5.38. The van der Waals surface area contributed by atoms with Crippen molar-refractivity contribution in [1.29, 1.82) is 0 Å². The lowest BCUT2D eigenvalue weighted by molar-refractivity contribution is -0.384. The van der Waals surface area contributed by atoms with E-state index in [1.165, 1.54) is 0 Å². The van der Waals surface area contributed by atoms with E-state index in [0.717, 1.165) is 11.4 Å². The van der Waals surface area contributed by atoms with Crippen molar-refractivity contribution in [2.75, 3.05) is 5.32 Å². The van der Waals surface area contributed by atoms with Crippen LogP contribution in [-0.2, 0) is 4.79 Å². The number of nitrogens with one attached hydrogen (secondary N) is 1. The molecule has 1 aromatic rings. The number of anilines is 1. The Labute approximate surface area is 127 Å². The van der Waals surface area contributed by atoms with Crippen molar-refractivity contribution in [1.82, 2.24) is 0 Å². The number of benzene rings is 1. The Morgan fingerprint density at radius 3 is 2.09 bits per heavy atom. The van der Waals surface area contributed by atoms with Gasteiger partial charge in [-0.2, -0.15) is 30.7 Å². The zero-order chi connectivity index (χ0) is 18.2. The second kappa shape index (κ2) is 5.83. The molecule has 1 aromatic carbocycles. The van der Waals surface area contributed by atoms with E-state index in [9.17, 15) is 45.6 Å². The Bertz CT molecular complexity index is 648. The molecule has 0 spiro atoms. The fourth-order valence-corrected chi connectivity index (χ4v) is 1.45. The van der Waals surface area contributed by atoms with Gasteiger partial charge in [-0.15, -0.1) is 0 Å². The maximum Gasteiger partial charge on any atom is 0.460 e. The quantitative estimate of drug-likeness (QED) is 0.495. The number of amides is 1. The molecule has 0 heterocycles. The third kappa shape index (κ3) is 3.46. The van der Waals surface area contributed by atoms with E-state index in [4.69, 9.17) is 11.6 Å². The molecule has 0 aliphatic heterocycles. The lowest BCUT2D eigenvalue weighted by Crippen LogP contribution is -2.57. The predicted molar refractivity (Wildman–Crippen MR) is 62.7 cm³/mol. The van der Waals surface area contributed by atoms with Crippen molar-refractivity contribution in [3.63, 3.8) is 0 Å². The van der Waals surface area contributed by atoms with E-state index < -0.39 is 45.2 Å². The summed E-state index contributed by atoms with van der Waals surface area (Å²) in [5, 5.41) is 11.1. The van der Waals surface area contributed by atoms with Gasteiger partial charge in [-0.3, -0.25) is 14.9 Å². The van der Waals surface area contributed by atoms with Gasteiger partial charge < -0.3 is 5.32 Å². The molecule has 1 N–H and O–H groups in total. The molecular weight excluding hydrogens is 365 g/mol. The number of hydrogen-bond donors (Lipinski definition) is 1. The highest BCUT2D eigenvalue weighted by molar-refractivity contribution is 6.32. The molecule has 1 rings (SSSR count). The zero-order valence-electron chi connectivity index (χ0n) is 10.4. The van der Waals surface area contributed by atoms with E-state index in [1.54, 1.807) is 0 Å². The summed E-state index contributed by atoms with van der Waals surface area (Å²) < 4.78 is 87.3. The number of carbonyl (C=O) groups excluding carboxylic acids is 1. The number of halogens is 8. The van der Waals surface area contributed by atoms with Crippen LogP contribution in [0.1, 0.15) is 0 Å². The lowest BCUT2D eigenvalue weighted by atomic mass is 10.1. The molecule has 5 nitrogen and oxygen atoms in total. The Hall–Kier alpha value is -2.11. The lowest BCUT2D eigenvalue weighted by Gasteiger charge is -2.27. The molecule has 128 valence electrons. The number of alkyl halides is 7. The molecule has 0 aromatic heterocycles. The summed E-state index contributed by atoms with van der Waals surface area (Å²) in [5.74, 6) is -15.8. The van der Waals surface area contributed by atoms with Gasteiger partial charge in [0.2, 0.25) is 0 Å². The molecule has 0 aliphatic rings. The van der Waals surface area contributed by atoms with Crippen molar-refractivity contribution >= 4 is 28.9 Å². The first-order chi connectivity index (χ1) is 10.2. The van der Waals surface area contributed by atoms with Gasteiger partial charge in [0.25, 0.3) is 5.69 Å². The second-order valence-corrected chi connectivity index (χ2v) is 4.43. The van der Waals surface area contributed by atoms with E-state index in [0.29, 0.717) is 12.1 Å². The van der Waals surface area contributed by atoms with Crippen LogP contribution in [0.2, 0.25) is 5.02 Å². The number of hydrogen-bond acceptors (Lipinski definition) is 3. The second-order valence-electron chi connectivity index (χ2n) is 4.02. The van der Waals surface area contributed by atoms with Crippen LogP contribution in [0, 0.1) is 10.1 Å². The number of nitrogens with zero attached hydrogens (tertiary/aromatic N) is 1. The number of rotatable bonds is 4. The Kier molecular flexibility index (Phi) is 4.80. The first kappa shape index (κ1) is 18.9. The molecule has 0 radical (unpaired) electrons. The first-order valence-corrected chi connectivity index (χ1v) is 5.67. The first-order valence-electron chi connectivity index (χ1n) is 5.29. The highest BCUT2D eigenvalue weighted by Crippen LogP contribution is 2.47. The van der Waals surface area contributed by atoms with Gasteiger partial charge in [-0.05, 0) is 12.1 Å². The molecular formula is C10H4ClF7N2O3. The van der Waals surface area contributed by atoms with E-state index >= 15 is 0 Å². The number of nitro groups is 1. The molecule has 1 amide bonds. The molecule has 0 unspecified atom stereocenters. The molecule has 0 saturated carbocycles. The van der Waals surface area contributed by atoms with Crippen LogP contribution in [-0.4, -0.2) is 28.9 Å². The van der Waals surface area contributed by atoms with Crippen molar-refractivity contribution < 1.29 is 40.5 Å². The average Bonchev–Trinajstić information content (AvgIpc) is 2.38. The summed E-state index contributed by atoms with van der Waals surface area (Å²) in [5.41, 5.74) is -1.70. The molecule has 0 saturated heterocycles. The Balaban J connectivity index is 3.13. The molecule has 0 aliphatic carbocycles. The fraction of sp³-hybridized carbons (Fsp3) is 0.300. The summed E-state index contributed by atoms with van der Waals surface area (Å²) in [7, 11) is 0. The highest BCUT2D eigenvalue weighted by Gasteiger charge is 2.76. The van der Waals surface area contributed by atoms with Gasteiger partial charge in [0.15, 0.2) is 0 Å². The highest BCUT2D eigenvalue weighted by atomic mass is 35.5. The fourth-order valence-electron chi connectivity index (χ4n) is 1.26. The Morgan fingerprint density at radius 2 is 1.65 bits per heavy atom. The molecule has 23 heavy (non-hydrogen) atoms. The number of carbonyl (C=O) groups is 1. The molecule has 0 bridgehead atoms. The smallest absolute Gasteiger partial charge is 0.320 e. The predicted octanol–water partition coefficient (Wildman–Crippen LogP) is 4.02. The van der Waals surface area contributed by atoms with Crippen LogP contribution >= 0.6 is 11.6 Å². The largest absolute Gasteiger partial charge is 0.460 e. The third-order valence-corrected chi connectivity index (χ3v) is 2.76. The number of nitro benzene ring substituents is 1. The maximum atomic E-state index is 13.1. The van der Waals surface area contributed by atoms with Gasteiger partial charge in [0, 0.05) is 11.8 Å². The van der Waals surface area contributed by atoms with Crippen molar-refractivity contribution in [2.45, 2.75) is 18.0 Å². The monoisotopic (exact) mass is 368 g/mol. The zero-order valence-corrected chi connectivity index (χ0v) is 11.2. The molecule has 0 fully saturated rings. The molecule has 13 heteroatoms. The minimum atomic E-state index is -6.68. The minimum absolute atomic E-state index is 0.419. The van der Waals surface area contributed by atoms with Crippen molar-refractivity contribution in [2.24, 2.45) is 0 Å². The van der Waals surface area contributed by atoms with Crippen LogP contribution in [0.25, 0.3) is 0 Å². The van der Waals surface area contributed by atoms with E-state index in [-0.39, 0.29) is 0 Å². The van der Waals surface area contributed by atoms with Crippen molar-refractivity contribution in [3.05, 3.63) is 33.3 Å². The van der Waals surface area contributed by atoms with Crippen LogP contribution in [0.15, 0.2) is 18.2 Å². The maximum absolute atomic E-state index is 13.1. The topological polar surface area (TPSA) is 72.2 Å². The van der Waals surface area contributed by atoms with Crippen LogP contribution in [0.5, 0.6) is 0 Å². The normalized spacial score (nSPS) is 12.9. The van der Waals surface area contributed by atoms with E-state index in [2.05, 4.69) is 0 Å². The van der Waals surface area contributed by atoms with E-state index in [1.807, 2.05) is 0 Å². The van der Waals surface area contributed by atoms with Crippen molar-refractivity contribution in [3.8, 4) is 0 Å². The molecule has 0 atom stereocenters. The van der Waals surface area contributed by atoms with Gasteiger partial charge in [0.05, 0.1) is 4.92 Å². The standard InChI is InChI=1S/C10H4ClF7N2O3/c11-5-2-1-4(3-6(5)20(22)23)19-7(21)8(12,13)9(14,15)10(16,17)18/h1-3H,(H,19,21). The SMILES string of the molecule is O=C(Nc1ccc(Cl)c([N+](=O)[O-])c1)C(F)(F)C(F)(F)C(F)(F)F. The summed E-state index contributed by atoms with van der Waals surface area (Å²) in [6.07, 6.45) is -6.68. The van der Waals surface area contributed by atoms with Crippen LogP contribution < -0.4 is 5.32 Å². The van der Waals surface area contributed by atoms with Gasteiger partial charge >= 0.3 is 23.9 Å². The van der Waals surface area contributed by atoms with Gasteiger partial charge in [0.1, 0.15) is 5.02 Å². The third-order valence-electron chi connectivity index (χ3n) is 2.44. The summed E-state index contributed by atoms with van der Waals surface area (Å²) in [4.78, 5) is 20.5. The van der Waals surface area contributed by atoms with Gasteiger partial charge in [-0.1, -0.05) is 11.6 Å². The Morgan fingerprint density at radius 1 is 1.13 bits per heavy atom.